The molecule has 2 aromatic rings. The third-order valence-electron chi connectivity index (χ3n) is 5.99. The molecule has 37 heavy (non-hydrogen) atoms. The first-order valence-electron chi connectivity index (χ1n) is 10.7. The molecule has 3 amide bonds. The van der Waals surface area contributed by atoms with Gasteiger partial charge in [0.1, 0.15) is 0 Å². The van der Waals surface area contributed by atoms with Crippen LogP contribution in [0.15, 0.2) is 30.3 Å². The maximum Gasteiger partial charge on any atom is 0.347 e. The van der Waals surface area contributed by atoms with E-state index in [0.29, 0.717) is 34.7 Å². The second kappa shape index (κ2) is 10.9. The van der Waals surface area contributed by atoms with E-state index in [0.717, 1.165) is 9.21 Å². The van der Waals surface area contributed by atoms with Gasteiger partial charge in [0.25, 0.3) is 11.8 Å². The Morgan fingerprint density at radius 3 is 2.35 bits per heavy atom. The Kier molecular flexibility index (Phi) is 8.07. The number of hydrogen-bond donors (Lipinski definition) is 3. The number of benzene rings is 2. The number of carbonyl (C=O) groups is 4. The van der Waals surface area contributed by atoms with E-state index in [1.807, 2.05) is 0 Å². The van der Waals surface area contributed by atoms with E-state index in [2.05, 4.69) is 5.32 Å². The lowest BCUT2D eigenvalue weighted by molar-refractivity contribution is -0.149. The smallest absolute Gasteiger partial charge is 0.347 e. The Morgan fingerprint density at radius 1 is 1.08 bits per heavy atom. The minimum atomic E-state index is -2.50. The fourth-order valence-corrected chi connectivity index (χ4v) is 5.48. The predicted octanol–water partition coefficient (Wildman–Crippen LogP) is 2.22. The summed E-state index contributed by atoms with van der Waals surface area (Å²) in [5.41, 5.74) is 1.49. The molecule has 0 aromatic heterocycles. The van der Waals surface area contributed by atoms with Gasteiger partial charge >= 0.3 is 5.97 Å². The maximum absolute atomic E-state index is 13.1. The fourth-order valence-electron chi connectivity index (χ4n) is 4.15. The van der Waals surface area contributed by atoms with Crippen LogP contribution >= 0.6 is 34.8 Å². The molecule has 1 fully saturated rings. The van der Waals surface area contributed by atoms with Gasteiger partial charge < -0.3 is 15.3 Å². The quantitative estimate of drug-likeness (QED) is 0.438. The molecule has 1 saturated heterocycles. The highest BCUT2D eigenvalue weighted by atomic mass is 35.5. The molecule has 15 heteroatoms. The Balaban J connectivity index is 1.55. The number of halogens is 3. The highest BCUT2D eigenvalue weighted by Crippen LogP contribution is 2.35. The van der Waals surface area contributed by atoms with Crippen molar-refractivity contribution in [2.24, 2.45) is 0 Å². The lowest BCUT2D eigenvalue weighted by Crippen LogP contribution is -2.54. The second-order valence-electron chi connectivity index (χ2n) is 8.26. The van der Waals surface area contributed by atoms with Crippen LogP contribution in [0.3, 0.4) is 0 Å². The third kappa shape index (κ3) is 5.59. The number of fused-ring (bicyclic) bond motifs is 1. The summed E-state index contributed by atoms with van der Waals surface area (Å²) in [7, 11) is 0. The lowest BCUT2D eigenvalue weighted by atomic mass is 9.96. The standard InChI is InChI=1S/C22H19Cl3N4O7S/c23-13-3-1-11(2-4-13)21(32)27-6-5-14-12(8-27)7-15(24)17(18(14)25)20(31)26-19(22(33)34)29-10-28(37(35)36)9-16(29)30/h1-4,7,19H,5-6,8-10H2,(H,26,31)(H,33,34)(H,35,36). The van der Waals surface area contributed by atoms with Crippen molar-refractivity contribution in [2.75, 3.05) is 19.8 Å². The molecule has 0 aliphatic carbocycles. The minimum Gasteiger partial charge on any atom is -0.478 e. The Morgan fingerprint density at radius 2 is 1.76 bits per heavy atom. The van der Waals surface area contributed by atoms with Crippen molar-refractivity contribution in [1.29, 1.82) is 0 Å². The van der Waals surface area contributed by atoms with Gasteiger partial charge in [-0.1, -0.05) is 34.8 Å². The van der Waals surface area contributed by atoms with Gasteiger partial charge in [0.2, 0.25) is 23.3 Å². The van der Waals surface area contributed by atoms with Crippen LogP contribution < -0.4 is 5.32 Å². The van der Waals surface area contributed by atoms with Crippen LogP contribution in [0.2, 0.25) is 15.1 Å². The van der Waals surface area contributed by atoms with Crippen LogP contribution in [0.25, 0.3) is 0 Å². The monoisotopic (exact) mass is 588 g/mol. The normalized spacial score (nSPS) is 17.4. The number of carbonyl (C=O) groups excluding carboxylic acids is 3. The first kappa shape index (κ1) is 27.3. The summed E-state index contributed by atoms with van der Waals surface area (Å²) in [6.07, 6.45) is -1.51. The first-order valence-corrected chi connectivity index (χ1v) is 12.9. The summed E-state index contributed by atoms with van der Waals surface area (Å²) >= 11 is 16.3. The number of nitrogens with zero attached hydrogens (tertiary/aromatic N) is 3. The number of rotatable bonds is 6. The van der Waals surface area contributed by atoms with E-state index >= 15 is 0 Å². The van der Waals surface area contributed by atoms with Crippen LogP contribution in [-0.2, 0) is 33.8 Å². The number of hydrogen-bond acceptors (Lipinski definition) is 5. The van der Waals surface area contributed by atoms with E-state index in [9.17, 15) is 33.0 Å². The minimum absolute atomic E-state index is 0.00793. The number of carboxylic acids is 1. The molecule has 11 nitrogen and oxygen atoms in total. The van der Waals surface area contributed by atoms with E-state index < -0.39 is 48.4 Å². The zero-order valence-corrected chi connectivity index (χ0v) is 21.9. The molecular formula is C22H19Cl3N4O7S. The summed E-state index contributed by atoms with van der Waals surface area (Å²) in [6.45, 7) is -0.478. The van der Waals surface area contributed by atoms with Crippen molar-refractivity contribution in [1.82, 2.24) is 19.4 Å². The van der Waals surface area contributed by atoms with Crippen LogP contribution in [0, 0.1) is 0 Å². The largest absolute Gasteiger partial charge is 0.478 e. The molecule has 2 aliphatic rings. The van der Waals surface area contributed by atoms with Gasteiger partial charge in [0.05, 0.1) is 28.8 Å². The topological polar surface area (TPSA) is 148 Å². The summed E-state index contributed by atoms with van der Waals surface area (Å²) in [6, 6.07) is 7.97. The summed E-state index contributed by atoms with van der Waals surface area (Å²) in [5.74, 6) is -3.48. The van der Waals surface area contributed by atoms with Crippen molar-refractivity contribution >= 4 is 69.8 Å². The second-order valence-corrected chi connectivity index (χ2v) is 10.5. The number of nitrogens with one attached hydrogen (secondary N) is 1. The molecule has 2 aliphatic heterocycles. The van der Waals surface area contributed by atoms with E-state index in [1.54, 1.807) is 29.2 Å². The Hall–Kier alpha value is -2.74. The van der Waals surface area contributed by atoms with Gasteiger partial charge in [-0.2, -0.15) is 4.31 Å². The molecule has 0 radical (unpaired) electrons. The molecule has 196 valence electrons. The van der Waals surface area contributed by atoms with Crippen molar-refractivity contribution < 1.29 is 33.0 Å². The summed E-state index contributed by atoms with van der Waals surface area (Å²) in [4.78, 5) is 52.4. The average Bonchev–Trinajstić information content (AvgIpc) is 3.23. The van der Waals surface area contributed by atoms with Gasteiger partial charge in [-0.05, 0) is 47.9 Å². The zero-order valence-electron chi connectivity index (χ0n) is 18.8. The van der Waals surface area contributed by atoms with E-state index in [4.69, 9.17) is 34.8 Å². The molecule has 2 aromatic carbocycles. The van der Waals surface area contributed by atoms with E-state index in [1.165, 1.54) is 6.07 Å². The van der Waals surface area contributed by atoms with Gasteiger partial charge in [-0.3, -0.25) is 23.8 Å². The molecule has 2 heterocycles. The molecule has 3 N–H and O–H groups in total. The molecule has 2 unspecified atom stereocenters. The van der Waals surface area contributed by atoms with Gasteiger partial charge in [0.15, 0.2) is 0 Å². The van der Waals surface area contributed by atoms with Crippen LogP contribution in [0.5, 0.6) is 0 Å². The highest BCUT2D eigenvalue weighted by Gasteiger charge is 2.40. The molecule has 2 atom stereocenters. The molecule has 0 saturated carbocycles. The number of amides is 3. The van der Waals surface area contributed by atoms with Crippen molar-refractivity contribution in [3.63, 3.8) is 0 Å². The maximum atomic E-state index is 13.1. The van der Waals surface area contributed by atoms with Crippen LogP contribution in [0.4, 0.5) is 0 Å². The summed E-state index contributed by atoms with van der Waals surface area (Å²) in [5, 5.41) is 12.3. The molecule has 0 spiro atoms. The van der Waals surface area contributed by atoms with Gasteiger partial charge in [-0.15, -0.1) is 0 Å². The summed E-state index contributed by atoms with van der Waals surface area (Å²) < 4.78 is 21.3. The molecular weight excluding hydrogens is 571 g/mol. The molecule has 0 bridgehead atoms. The van der Waals surface area contributed by atoms with Crippen molar-refractivity contribution in [2.45, 2.75) is 19.1 Å². The third-order valence-corrected chi connectivity index (χ3v) is 7.64. The van der Waals surface area contributed by atoms with E-state index in [-0.39, 0.29) is 28.1 Å². The van der Waals surface area contributed by atoms with Gasteiger partial charge in [-0.25, -0.2) is 9.00 Å². The highest BCUT2D eigenvalue weighted by molar-refractivity contribution is 7.76. The lowest BCUT2D eigenvalue weighted by Gasteiger charge is -2.31. The van der Waals surface area contributed by atoms with Crippen LogP contribution in [0.1, 0.15) is 31.8 Å². The molecule has 4 rings (SSSR count). The van der Waals surface area contributed by atoms with Gasteiger partial charge in [0, 0.05) is 23.7 Å². The Labute approximate surface area is 228 Å². The van der Waals surface area contributed by atoms with Crippen LogP contribution in [-0.4, -0.2) is 77.6 Å². The number of aliphatic carboxylic acids is 1. The zero-order chi connectivity index (χ0) is 27.0. The fraction of sp³-hybridized carbons (Fsp3) is 0.273. The Bertz CT molecular complexity index is 1320. The van der Waals surface area contributed by atoms with Crippen molar-refractivity contribution in [3.05, 3.63) is 67.7 Å². The first-order chi connectivity index (χ1) is 17.5. The average molecular weight is 590 g/mol. The number of carboxylic acid groups (broad SMARTS) is 1. The predicted molar refractivity (Wildman–Crippen MR) is 134 cm³/mol. The SMILES string of the molecule is O=C(NC(C(=O)O)N1CN(S(=O)O)CC1=O)c1c(Cl)cc2c(c1Cl)CCN(C(=O)c1ccc(Cl)cc1)C2. The van der Waals surface area contributed by atoms with Crippen molar-refractivity contribution in [3.8, 4) is 0 Å².